The molecule has 2 aliphatic rings. The molecule has 0 spiro atoms. The number of β-amino-alcohol motifs (C(OH)–C–C–N with tert-alkyl or cyclic N) is 1. The minimum absolute atomic E-state index is 0.166. The van der Waals surface area contributed by atoms with Crippen molar-refractivity contribution in [3.05, 3.63) is 0 Å². The van der Waals surface area contributed by atoms with Crippen molar-refractivity contribution in [2.24, 2.45) is 0 Å². The Balaban J connectivity index is 1.74. The van der Waals surface area contributed by atoms with Crippen molar-refractivity contribution in [3.63, 3.8) is 0 Å². The summed E-state index contributed by atoms with van der Waals surface area (Å²) in [5.74, 6) is 0. The smallest absolute Gasteiger partial charge is 0.0819 e. The number of hydrogen-bond donors (Lipinski definition) is 2. The first kappa shape index (κ1) is 11.4. The van der Waals surface area contributed by atoms with Crippen LogP contribution in [0.25, 0.3) is 0 Å². The summed E-state index contributed by atoms with van der Waals surface area (Å²) in [6.07, 6.45) is 7.47. The molecule has 0 aromatic rings. The van der Waals surface area contributed by atoms with Crippen molar-refractivity contribution in [2.75, 3.05) is 26.2 Å². The van der Waals surface area contributed by atoms with Crippen LogP contribution in [0.1, 0.15) is 38.5 Å². The van der Waals surface area contributed by atoms with Crippen molar-refractivity contribution in [1.29, 1.82) is 0 Å². The number of rotatable bonds is 3. The molecule has 2 rings (SSSR count). The van der Waals surface area contributed by atoms with Gasteiger partial charge in [-0.1, -0.05) is 12.8 Å². The van der Waals surface area contributed by atoms with Crippen LogP contribution in [-0.4, -0.2) is 48.3 Å². The molecule has 0 aromatic carbocycles. The molecule has 0 radical (unpaired) electrons. The van der Waals surface area contributed by atoms with Crippen molar-refractivity contribution in [3.8, 4) is 0 Å². The van der Waals surface area contributed by atoms with Crippen molar-refractivity contribution < 1.29 is 5.11 Å². The minimum Gasteiger partial charge on any atom is -0.390 e. The highest BCUT2D eigenvalue weighted by Gasteiger charge is 2.23. The molecule has 0 bridgehead atoms. The maximum atomic E-state index is 10.2. The SMILES string of the molecule is OC(CN1CCCC1)C1CCCCCN1. The topological polar surface area (TPSA) is 35.5 Å². The van der Waals surface area contributed by atoms with E-state index in [2.05, 4.69) is 10.2 Å². The van der Waals surface area contributed by atoms with E-state index in [1.54, 1.807) is 0 Å². The Kier molecular flexibility index (Phi) is 4.42. The van der Waals surface area contributed by atoms with E-state index in [1.165, 1.54) is 45.2 Å². The number of nitrogens with zero attached hydrogens (tertiary/aromatic N) is 1. The third-order valence-corrected chi connectivity index (χ3v) is 3.71. The van der Waals surface area contributed by atoms with Gasteiger partial charge >= 0.3 is 0 Å². The first-order chi connectivity index (χ1) is 7.36. The third-order valence-electron chi connectivity index (χ3n) is 3.71. The molecular formula is C12H24N2O. The molecule has 2 aliphatic heterocycles. The quantitative estimate of drug-likeness (QED) is 0.732. The second kappa shape index (κ2) is 5.83. The van der Waals surface area contributed by atoms with Gasteiger partial charge in [-0.25, -0.2) is 0 Å². The van der Waals surface area contributed by atoms with Crippen LogP contribution in [0.3, 0.4) is 0 Å². The predicted molar refractivity (Wildman–Crippen MR) is 61.9 cm³/mol. The van der Waals surface area contributed by atoms with Gasteiger partial charge in [-0.05, 0) is 45.3 Å². The normalized spacial score (nSPS) is 31.4. The van der Waals surface area contributed by atoms with E-state index in [-0.39, 0.29) is 6.10 Å². The monoisotopic (exact) mass is 212 g/mol. The summed E-state index contributed by atoms with van der Waals surface area (Å²) in [7, 11) is 0. The lowest BCUT2D eigenvalue weighted by Gasteiger charge is -2.26. The van der Waals surface area contributed by atoms with Crippen LogP contribution in [0.2, 0.25) is 0 Å². The molecule has 3 heteroatoms. The highest BCUT2D eigenvalue weighted by Crippen LogP contribution is 2.14. The summed E-state index contributed by atoms with van der Waals surface area (Å²) in [4.78, 5) is 2.40. The Morgan fingerprint density at radius 2 is 1.93 bits per heavy atom. The van der Waals surface area contributed by atoms with Gasteiger partial charge in [0.05, 0.1) is 6.10 Å². The Bertz CT molecular complexity index is 172. The van der Waals surface area contributed by atoms with Gasteiger partial charge in [0.15, 0.2) is 0 Å². The van der Waals surface area contributed by atoms with Gasteiger partial charge < -0.3 is 15.3 Å². The van der Waals surface area contributed by atoms with Crippen LogP contribution < -0.4 is 5.32 Å². The lowest BCUT2D eigenvalue weighted by atomic mass is 10.1. The maximum absolute atomic E-state index is 10.2. The zero-order chi connectivity index (χ0) is 10.5. The van der Waals surface area contributed by atoms with Crippen molar-refractivity contribution >= 4 is 0 Å². The molecule has 15 heavy (non-hydrogen) atoms. The summed E-state index contributed by atoms with van der Waals surface area (Å²) in [6.45, 7) is 4.33. The summed E-state index contributed by atoms with van der Waals surface area (Å²) >= 11 is 0. The average Bonchev–Trinajstić information content (AvgIpc) is 2.58. The van der Waals surface area contributed by atoms with Gasteiger partial charge in [0.2, 0.25) is 0 Å². The van der Waals surface area contributed by atoms with Crippen LogP contribution >= 0.6 is 0 Å². The highest BCUT2D eigenvalue weighted by molar-refractivity contribution is 4.81. The fourth-order valence-corrected chi connectivity index (χ4v) is 2.74. The summed E-state index contributed by atoms with van der Waals surface area (Å²) < 4.78 is 0. The zero-order valence-electron chi connectivity index (χ0n) is 9.62. The minimum atomic E-state index is -0.166. The Morgan fingerprint density at radius 3 is 2.73 bits per heavy atom. The van der Waals surface area contributed by atoms with Gasteiger partial charge in [0.1, 0.15) is 0 Å². The molecule has 0 amide bonds. The molecule has 2 heterocycles. The standard InChI is InChI=1S/C12H24N2O/c15-12(10-14-8-4-5-9-14)11-6-2-1-3-7-13-11/h11-13,15H,1-10H2. The van der Waals surface area contributed by atoms with E-state index in [4.69, 9.17) is 0 Å². The molecule has 0 aliphatic carbocycles. The van der Waals surface area contributed by atoms with Crippen LogP contribution in [-0.2, 0) is 0 Å². The van der Waals surface area contributed by atoms with Crippen LogP contribution in [0.5, 0.6) is 0 Å². The average molecular weight is 212 g/mol. The lowest BCUT2D eigenvalue weighted by molar-refractivity contribution is 0.0867. The third kappa shape index (κ3) is 3.44. The molecule has 0 saturated carbocycles. The molecule has 0 aromatic heterocycles. The summed E-state index contributed by atoms with van der Waals surface area (Å²) in [5.41, 5.74) is 0. The zero-order valence-corrected chi connectivity index (χ0v) is 9.62. The Hall–Kier alpha value is -0.120. The second-order valence-electron chi connectivity index (χ2n) is 4.99. The predicted octanol–water partition coefficient (Wildman–Crippen LogP) is 0.975. The van der Waals surface area contributed by atoms with Gasteiger partial charge in [-0.15, -0.1) is 0 Å². The second-order valence-corrected chi connectivity index (χ2v) is 4.99. The number of nitrogens with one attached hydrogen (secondary N) is 1. The van der Waals surface area contributed by atoms with E-state index in [0.717, 1.165) is 19.5 Å². The Morgan fingerprint density at radius 1 is 1.13 bits per heavy atom. The molecule has 2 fully saturated rings. The molecule has 2 saturated heterocycles. The van der Waals surface area contributed by atoms with Crippen molar-refractivity contribution in [1.82, 2.24) is 10.2 Å². The van der Waals surface area contributed by atoms with Crippen LogP contribution in [0.4, 0.5) is 0 Å². The molecular weight excluding hydrogens is 188 g/mol. The summed E-state index contributed by atoms with van der Waals surface area (Å²) in [6, 6.07) is 0.341. The van der Waals surface area contributed by atoms with Crippen LogP contribution in [0.15, 0.2) is 0 Å². The summed E-state index contributed by atoms with van der Waals surface area (Å²) in [5, 5.41) is 13.6. The molecule has 3 nitrogen and oxygen atoms in total. The van der Waals surface area contributed by atoms with E-state index < -0.39 is 0 Å². The molecule has 2 N–H and O–H groups in total. The highest BCUT2D eigenvalue weighted by atomic mass is 16.3. The molecule has 88 valence electrons. The first-order valence-corrected chi connectivity index (χ1v) is 6.50. The fraction of sp³-hybridized carbons (Fsp3) is 1.00. The van der Waals surface area contributed by atoms with Crippen molar-refractivity contribution in [2.45, 2.75) is 50.7 Å². The van der Waals surface area contributed by atoms with Gasteiger partial charge in [-0.3, -0.25) is 0 Å². The number of hydrogen-bond acceptors (Lipinski definition) is 3. The van der Waals surface area contributed by atoms with E-state index in [0.29, 0.717) is 6.04 Å². The van der Waals surface area contributed by atoms with E-state index in [1.807, 2.05) is 0 Å². The lowest BCUT2D eigenvalue weighted by Crippen LogP contribution is -2.45. The largest absolute Gasteiger partial charge is 0.390 e. The van der Waals surface area contributed by atoms with E-state index >= 15 is 0 Å². The fourth-order valence-electron chi connectivity index (χ4n) is 2.74. The first-order valence-electron chi connectivity index (χ1n) is 6.50. The number of aliphatic hydroxyl groups excluding tert-OH is 1. The van der Waals surface area contributed by atoms with E-state index in [9.17, 15) is 5.11 Å². The van der Waals surface area contributed by atoms with Gasteiger partial charge in [0, 0.05) is 12.6 Å². The molecule has 2 unspecified atom stereocenters. The molecule has 2 atom stereocenters. The van der Waals surface area contributed by atoms with Gasteiger partial charge in [0.25, 0.3) is 0 Å². The van der Waals surface area contributed by atoms with Crippen LogP contribution in [0, 0.1) is 0 Å². The number of aliphatic hydroxyl groups is 1. The van der Waals surface area contributed by atoms with Gasteiger partial charge in [-0.2, -0.15) is 0 Å². The maximum Gasteiger partial charge on any atom is 0.0819 e. The number of likely N-dealkylation sites (tertiary alicyclic amines) is 1. The Labute approximate surface area is 92.8 Å².